The van der Waals surface area contributed by atoms with Crippen LogP contribution in [0, 0.1) is 0 Å². The summed E-state index contributed by atoms with van der Waals surface area (Å²) in [6.07, 6.45) is 4.98. The lowest BCUT2D eigenvalue weighted by molar-refractivity contribution is -0.128. The molecule has 5 nitrogen and oxygen atoms in total. The number of benzene rings is 1. The molecule has 2 aliphatic rings. The molecule has 1 aromatic carbocycles. The second-order valence-electron chi connectivity index (χ2n) is 7.71. The number of nitrogens with one attached hydrogen (secondary N) is 1. The zero-order chi connectivity index (χ0) is 17.7. The molecule has 3 rings (SSSR count). The van der Waals surface area contributed by atoms with Crippen LogP contribution in [0.3, 0.4) is 0 Å². The molecule has 0 bridgehead atoms. The van der Waals surface area contributed by atoms with Gasteiger partial charge in [0.25, 0.3) is 0 Å². The Labute approximate surface area is 188 Å². The number of amides is 1. The highest BCUT2D eigenvalue weighted by Crippen LogP contribution is 2.26. The van der Waals surface area contributed by atoms with Crippen LogP contribution in [0.4, 0.5) is 5.69 Å². The molecule has 0 spiro atoms. The molecule has 0 aromatic heterocycles. The van der Waals surface area contributed by atoms with Crippen molar-refractivity contribution in [3.8, 4) is 0 Å². The zero-order valence-corrected chi connectivity index (χ0v) is 19.1. The Morgan fingerprint density at radius 1 is 1.04 bits per heavy atom. The Morgan fingerprint density at radius 3 is 2.18 bits per heavy atom. The number of hydrogen-bond acceptors (Lipinski definition) is 4. The monoisotopic (exact) mass is 452 g/mol. The van der Waals surface area contributed by atoms with Gasteiger partial charge in [-0.15, -0.1) is 37.2 Å². The third-order valence-corrected chi connectivity index (χ3v) is 5.60. The van der Waals surface area contributed by atoms with Gasteiger partial charge in [0, 0.05) is 44.5 Å². The van der Waals surface area contributed by atoms with Gasteiger partial charge in [0.15, 0.2) is 0 Å². The number of nitrogens with two attached hydrogens (primary N) is 1. The third kappa shape index (κ3) is 7.27. The summed E-state index contributed by atoms with van der Waals surface area (Å²) < 4.78 is 0. The van der Waals surface area contributed by atoms with Crippen molar-refractivity contribution in [2.45, 2.75) is 50.6 Å². The fraction of sp³-hybridized carbons (Fsp3) is 0.650. The molecule has 1 amide bonds. The summed E-state index contributed by atoms with van der Waals surface area (Å²) in [5.74, 6) is 0.0441. The van der Waals surface area contributed by atoms with Crippen molar-refractivity contribution in [3.05, 3.63) is 30.3 Å². The van der Waals surface area contributed by atoms with E-state index in [-0.39, 0.29) is 49.2 Å². The van der Waals surface area contributed by atoms with Crippen LogP contribution >= 0.6 is 37.2 Å². The fourth-order valence-electron chi connectivity index (χ4n) is 4.04. The molecule has 3 N–H and O–H groups in total. The third-order valence-electron chi connectivity index (χ3n) is 5.60. The molecule has 1 atom stereocenters. The first-order chi connectivity index (χ1) is 12.1. The van der Waals surface area contributed by atoms with Crippen LogP contribution in [-0.4, -0.2) is 55.1 Å². The van der Waals surface area contributed by atoms with E-state index in [2.05, 4.69) is 52.4 Å². The summed E-state index contributed by atoms with van der Waals surface area (Å²) in [4.78, 5) is 17.4. The van der Waals surface area contributed by atoms with Crippen molar-refractivity contribution in [2.24, 2.45) is 5.73 Å². The Morgan fingerprint density at radius 2 is 1.61 bits per heavy atom. The number of nitrogens with zero attached hydrogens (tertiary/aromatic N) is 2. The van der Waals surface area contributed by atoms with Crippen LogP contribution in [0.1, 0.15) is 39.0 Å². The summed E-state index contributed by atoms with van der Waals surface area (Å²) in [7, 11) is 0. The minimum atomic E-state index is -0.640. The minimum absolute atomic E-state index is 0. The number of carbonyl (C=O) groups excluding carboxylic acids is 1. The lowest BCUT2D eigenvalue weighted by Gasteiger charge is -2.38. The van der Waals surface area contributed by atoms with Gasteiger partial charge in [0.1, 0.15) is 0 Å². The van der Waals surface area contributed by atoms with Crippen LogP contribution in [0.2, 0.25) is 0 Å². The first kappa shape index (κ1) is 27.3. The maximum Gasteiger partial charge on any atom is 0.240 e. The molecule has 1 aromatic rings. The molecule has 1 unspecified atom stereocenters. The average molecular weight is 454 g/mol. The van der Waals surface area contributed by atoms with E-state index < -0.39 is 5.54 Å². The molecular weight excluding hydrogens is 419 g/mol. The Hall–Kier alpha value is -0.720. The van der Waals surface area contributed by atoms with Crippen molar-refractivity contribution in [2.75, 3.05) is 37.6 Å². The highest BCUT2D eigenvalue weighted by Gasteiger charge is 2.35. The molecule has 162 valence electrons. The van der Waals surface area contributed by atoms with Crippen molar-refractivity contribution in [3.63, 3.8) is 0 Å². The van der Waals surface area contributed by atoms with E-state index >= 15 is 0 Å². The smallest absolute Gasteiger partial charge is 0.240 e. The van der Waals surface area contributed by atoms with Crippen molar-refractivity contribution in [1.29, 1.82) is 0 Å². The van der Waals surface area contributed by atoms with Crippen LogP contribution < -0.4 is 16.0 Å². The largest absolute Gasteiger partial charge is 0.369 e. The quantitative estimate of drug-likeness (QED) is 0.718. The van der Waals surface area contributed by atoms with Crippen LogP contribution in [0.25, 0.3) is 0 Å². The zero-order valence-electron chi connectivity index (χ0n) is 16.6. The Balaban J connectivity index is 0.00000243. The van der Waals surface area contributed by atoms with Gasteiger partial charge in [-0.25, -0.2) is 0 Å². The van der Waals surface area contributed by atoms with E-state index in [0.717, 1.165) is 58.4 Å². The van der Waals surface area contributed by atoms with Crippen LogP contribution in [0.15, 0.2) is 30.3 Å². The number of hydrogen-bond donors (Lipinski definition) is 2. The maximum atomic E-state index is 12.5. The van der Waals surface area contributed by atoms with Gasteiger partial charge in [-0.2, -0.15) is 0 Å². The van der Waals surface area contributed by atoms with Crippen LogP contribution in [-0.2, 0) is 4.79 Å². The molecule has 1 saturated heterocycles. The fourth-order valence-corrected chi connectivity index (χ4v) is 4.04. The highest BCUT2D eigenvalue weighted by atomic mass is 35.5. The second-order valence-corrected chi connectivity index (χ2v) is 7.71. The number of halogens is 3. The lowest BCUT2D eigenvalue weighted by atomic mass is 9.82. The van der Waals surface area contributed by atoms with Crippen molar-refractivity contribution in [1.82, 2.24) is 10.2 Å². The second kappa shape index (κ2) is 12.8. The van der Waals surface area contributed by atoms with Gasteiger partial charge in [0.05, 0.1) is 5.54 Å². The number of para-hydroxylation sites is 1. The van der Waals surface area contributed by atoms with Gasteiger partial charge in [-0.1, -0.05) is 37.5 Å². The van der Waals surface area contributed by atoms with E-state index in [1.54, 1.807) is 0 Å². The number of piperazine rings is 1. The predicted octanol–water partition coefficient (Wildman–Crippen LogP) is 3.24. The molecule has 1 saturated carbocycles. The summed E-state index contributed by atoms with van der Waals surface area (Å²) in [6, 6.07) is 10.7. The van der Waals surface area contributed by atoms with Gasteiger partial charge in [-0.05, 0) is 31.9 Å². The first-order valence-electron chi connectivity index (χ1n) is 9.69. The Kier molecular flexibility index (Phi) is 12.4. The van der Waals surface area contributed by atoms with Gasteiger partial charge in [0.2, 0.25) is 5.91 Å². The molecule has 2 fully saturated rings. The normalized spacial score (nSPS) is 20.0. The molecule has 8 heteroatoms. The number of rotatable bonds is 5. The van der Waals surface area contributed by atoms with Crippen LogP contribution in [0.5, 0.6) is 0 Å². The minimum Gasteiger partial charge on any atom is -0.369 e. The average Bonchev–Trinajstić information content (AvgIpc) is 2.63. The van der Waals surface area contributed by atoms with E-state index in [0.29, 0.717) is 0 Å². The number of carbonyl (C=O) groups is 1. The summed E-state index contributed by atoms with van der Waals surface area (Å²) in [6.45, 7) is 7.11. The standard InChI is InChI=1S/C20H32N4O.3ClH/c1-17(22-19(25)20(21)10-6-3-7-11-20)16-23-12-14-24(15-13-23)18-8-4-2-5-9-18;;;/h2,4-5,8-9,17H,3,6-7,10-16,21H2,1H3,(H,22,25);3*1H. The van der Waals surface area contributed by atoms with Crippen molar-refractivity contribution < 1.29 is 4.79 Å². The predicted molar refractivity (Wildman–Crippen MR) is 124 cm³/mol. The van der Waals surface area contributed by atoms with Gasteiger partial charge >= 0.3 is 0 Å². The van der Waals surface area contributed by atoms with E-state index in [1.165, 1.54) is 12.1 Å². The molecule has 0 radical (unpaired) electrons. The molecule has 1 aliphatic heterocycles. The summed E-state index contributed by atoms with van der Waals surface area (Å²) >= 11 is 0. The summed E-state index contributed by atoms with van der Waals surface area (Å²) in [5, 5.41) is 3.16. The van der Waals surface area contributed by atoms with Crippen molar-refractivity contribution >= 4 is 48.8 Å². The van der Waals surface area contributed by atoms with Gasteiger partial charge in [-0.3, -0.25) is 9.69 Å². The lowest BCUT2D eigenvalue weighted by Crippen LogP contribution is -2.58. The maximum absolute atomic E-state index is 12.5. The molecular formula is C20H35Cl3N4O. The Bertz CT molecular complexity index is 562. The first-order valence-corrected chi connectivity index (χ1v) is 9.69. The number of anilines is 1. The van der Waals surface area contributed by atoms with E-state index in [1.807, 2.05) is 0 Å². The van der Waals surface area contributed by atoms with E-state index in [4.69, 9.17) is 5.73 Å². The topological polar surface area (TPSA) is 61.6 Å². The molecule has 1 heterocycles. The molecule has 28 heavy (non-hydrogen) atoms. The van der Waals surface area contributed by atoms with E-state index in [9.17, 15) is 4.79 Å². The van der Waals surface area contributed by atoms with Gasteiger partial charge < -0.3 is 16.0 Å². The molecule has 1 aliphatic carbocycles. The highest BCUT2D eigenvalue weighted by molar-refractivity contribution is 5.86. The SMILES string of the molecule is CC(CN1CCN(c2ccccc2)CC1)NC(=O)C1(N)CCCCC1.Cl.Cl.Cl. The summed E-state index contributed by atoms with van der Waals surface area (Å²) in [5.41, 5.74) is 6.99.